The summed E-state index contributed by atoms with van der Waals surface area (Å²) < 4.78 is 0. The maximum atomic E-state index is 12.5. The van der Waals surface area contributed by atoms with Gasteiger partial charge in [0.1, 0.15) is 0 Å². The number of carbonyl (C=O) groups is 1. The Morgan fingerprint density at radius 1 is 1.30 bits per heavy atom. The minimum Gasteiger partial charge on any atom is -0.298 e. The summed E-state index contributed by atoms with van der Waals surface area (Å²) >= 11 is 0. The van der Waals surface area contributed by atoms with Crippen molar-refractivity contribution >= 4 is 12.0 Å². The molecular formula is C14H17N2O4. The zero-order valence-electron chi connectivity index (χ0n) is 11.8. The van der Waals surface area contributed by atoms with Crippen LogP contribution in [-0.4, -0.2) is 21.8 Å². The first-order chi connectivity index (χ1) is 9.22. The van der Waals surface area contributed by atoms with Crippen LogP contribution in [0.2, 0.25) is 0 Å². The molecule has 0 saturated carbocycles. The molecule has 1 aliphatic rings. The molecule has 0 aromatic heterocycles. The second-order valence-electron chi connectivity index (χ2n) is 6.03. The van der Waals surface area contributed by atoms with E-state index >= 15 is 0 Å². The third-order valence-corrected chi connectivity index (χ3v) is 4.20. The predicted octanol–water partition coefficient (Wildman–Crippen LogP) is 2.84. The molecule has 107 valence electrons. The Morgan fingerprint density at radius 2 is 1.95 bits per heavy atom. The topological polar surface area (TPSA) is 83.3 Å². The third-order valence-electron chi connectivity index (χ3n) is 4.20. The van der Waals surface area contributed by atoms with E-state index in [0.29, 0.717) is 18.3 Å². The lowest BCUT2D eigenvalue weighted by Gasteiger charge is -2.35. The van der Waals surface area contributed by atoms with Crippen molar-refractivity contribution in [1.29, 1.82) is 0 Å². The normalized spacial score (nSPS) is 25.6. The first kappa shape index (κ1) is 14.6. The number of hydrogen-bond donors (Lipinski definition) is 0. The van der Waals surface area contributed by atoms with Gasteiger partial charge in [0.15, 0.2) is 6.29 Å². The molecule has 1 aromatic rings. The van der Waals surface area contributed by atoms with Gasteiger partial charge in [-0.3, -0.25) is 14.9 Å². The summed E-state index contributed by atoms with van der Waals surface area (Å²) in [7, 11) is 0. The summed E-state index contributed by atoms with van der Waals surface area (Å²) in [5, 5.41) is 24.5. The number of benzene rings is 1. The van der Waals surface area contributed by atoms with Gasteiger partial charge in [0, 0.05) is 11.6 Å². The zero-order chi connectivity index (χ0) is 15.1. The maximum Gasteiger partial charge on any atom is 0.280 e. The van der Waals surface area contributed by atoms with E-state index in [1.165, 1.54) is 12.1 Å². The van der Waals surface area contributed by atoms with Crippen molar-refractivity contribution < 1.29 is 14.9 Å². The molecule has 1 aliphatic heterocycles. The number of aldehydes is 1. The van der Waals surface area contributed by atoms with Gasteiger partial charge in [0.25, 0.3) is 5.69 Å². The van der Waals surface area contributed by atoms with Gasteiger partial charge in [0.2, 0.25) is 0 Å². The zero-order valence-corrected chi connectivity index (χ0v) is 11.8. The Labute approximate surface area is 117 Å². The molecule has 1 saturated heterocycles. The lowest BCUT2D eigenvalue weighted by Crippen LogP contribution is -2.44. The number of nitro benzene ring substituents is 1. The Bertz CT molecular complexity index is 570. The highest BCUT2D eigenvalue weighted by atomic mass is 16.6. The monoisotopic (exact) mass is 277 g/mol. The van der Waals surface area contributed by atoms with Gasteiger partial charge in [-0.2, -0.15) is 0 Å². The number of hydrogen-bond acceptors (Lipinski definition) is 4. The van der Waals surface area contributed by atoms with Crippen molar-refractivity contribution in [3.05, 3.63) is 39.4 Å². The van der Waals surface area contributed by atoms with E-state index in [1.807, 2.05) is 13.8 Å². The van der Waals surface area contributed by atoms with E-state index in [1.54, 1.807) is 13.0 Å². The first-order valence-electron chi connectivity index (χ1n) is 6.44. The molecule has 1 fully saturated rings. The van der Waals surface area contributed by atoms with Crippen LogP contribution in [0.1, 0.15) is 49.5 Å². The van der Waals surface area contributed by atoms with Crippen LogP contribution in [-0.2, 0) is 10.7 Å². The highest BCUT2D eigenvalue weighted by Gasteiger charge is 2.49. The van der Waals surface area contributed by atoms with Crippen molar-refractivity contribution in [3.63, 3.8) is 0 Å². The molecule has 1 atom stereocenters. The fraction of sp³-hybridized carbons (Fsp3) is 0.500. The molecule has 0 amide bonds. The molecule has 0 bridgehead atoms. The SMILES string of the molecule is CC1(C)CCC(C)(c2ccc(C=O)c([N+](=O)[O-])c2)N1[O]. The summed E-state index contributed by atoms with van der Waals surface area (Å²) in [6, 6.07) is 4.38. The smallest absolute Gasteiger partial charge is 0.280 e. The minimum absolute atomic E-state index is 0.0251. The molecule has 0 spiro atoms. The van der Waals surface area contributed by atoms with Crippen LogP contribution in [0.5, 0.6) is 0 Å². The van der Waals surface area contributed by atoms with Crippen LogP contribution in [0, 0.1) is 10.1 Å². The lowest BCUT2D eigenvalue weighted by atomic mass is 9.89. The van der Waals surface area contributed by atoms with Gasteiger partial charge in [-0.1, -0.05) is 6.07 Å². The Morgan fingerprint density at radius 3 is 2.40 bits per heavy atom. The lowest BCUT2D eigenvalue weighted by molar-refractivity contribution is -0.385. The van der Waals surface area contributed by atoms with Gasteiger partial charge in [-0.05, 0) is 45.2 Å². The van der Waals surface area contributed by atoms with Crippen molar-refractivity contribution in [1.82, 2.24) is 5.06 Å². The number of nitro groups is 1. The number of hydroxylamine groups is 2. The summed E-state index contributed by atoms with van der Waals surface area (Å²) in [5.74, 6) is 0. The Hall–Kier alpha value is -1.79. The van der Waals surface area contributed by atoms with Gasteiger partial charge in [-0.15, -0.1) is 10.3 Å². The fourth-order valence-corrected chi connectivity index (χ4v) is 2.82. The molecule has 0 aliphatic carbocycles. The van der Waals surface area contributed by atoms with E-state index in [-0.39, 0.29) is 11.3 Å². The minimum atomic E-state index is -0.796. The van der Waals surface area contributed by atoms with Crippen molar-refractivity contribution in [2.24, 2.45) is 0 Å². The predicted molar refractivity (Wildman–Crippen MR) is 71.7 cm³/mol. The first-order valence-corrected chi connectivity index (χ1v) is 6.44. The summed E-state index contributed by atoms with van der Waals surface area (Å²) in [6.07, 6.45) is 1.80. The summed E-state index contributed by atoms with van der Waals surface area (Å²) in [6.45, 7) is 5.51. The van der Waals surface area contributed by atoms with Crippen LogP contribution in [0.15, 0.2) is 18.2 Å². The molecule has 20 heavy (non-hydrogen) atoms. The molecule has 0 N–H and O–H groups in total. The molecule has 1 radical (unpaired) electrons. The average molecular weight is 277 g/mol. The third kappa shape index (κ3) is 2.10. The molecule has 1 heterocycles. The second kappa shape index (κ2) is 4.64. The molecule has 6 nitrogen and oxygen atoms in total. The Kier molecular flexibility index (Phi) is 3.39. The van der Waals surface area contributed by atoms with Crippen LogP contribution in [0.4, 0.5) is 5.69 Å². The van der Waals surface area contributed by atoms with Gasteiger partial charge in [0.05, 0.1) is 16.0 Å². The van der Waals surface area contributed by atoms with Gasteiger partial charge >= 0.3 is 0 Å². The number of carbonyl (C=O) groups excluding carboxylic acids is 1. The van der Waals surface area contributed by atoms with E-state index < -0.39 is 16.0 Å². The van der Waals surface area contributed by atoms with Crippen molar-refractivity contribution in [2.45, 2.75) is 44.7 Å². The highest BCUT2D eigenvalue weighted by Crippen LogP contribution is 2.46. The number of nitrogens with zero attached hydrogens (tertiary/aromatic N) is 2. The van der Waals surface area contributed by atoms with Crippen molar-refractivity contribution in [2.75, 3.05) is 0 Å². The maximum absolute atomic E-state index is 12.5. The van der Waals surface area contributed by atoms with E-state index in [4.69, 9.17) is 0 Å². The van der Waals surface area contributed by atoms with E-state index in [9.17, 15) is 20.1 Å². The van der Waals surface area contributed by atoms with E-state index in [0.717, 1.165) is 11.5 Å². The van der Waals surface area contributed by atoms with Crippen LogP contribution < -0.4 is 0 Å². The standard InChI is InChI=1S/C14H17N2O4/c1-13(2)6-7-14(3,16(13)20)11-5-4-10(9-17)12(8-11)15(18)19/h4-5,8-9H,6-7H2,1-3H3. The largest absolute Gasteiger partial charge is 0.298 e. The molecule has 1 unspecified atom stereocenters. The van der Waals surface area contributed by atoms with Crippen LogP contribution >= 0.6 is 0 Å². The summed E-state index contributed by atoms with van der Waals surface area (Å²) in [5.41, 5.74) is -0.938. The molecular weight excluding hydrogens is 260 g/mol. The molecule has 6 heteroatoms. The summed E-state index contributed by atoms with van der Waals surface area (Å²) in [4.78, 5) is 21.3. The van der Waals surface area contributed by atoms with E-state index in [2.05, 4.69) is 0 Å². The molecule has 1 aromatic carbocycles. The second-order valence-corrected chi connectivity index (χ2v) is 6.03. The highest BCUT2D eigenvalue weighted by molar-refractivity contribution is 5.81. The average Bonchev–Trinajstić information content (AvgIpc) is 2.63. The van der Waals surface area contributed by atoms with Crippen LogP contribution in [0.25, 0.3) is 0 Å². The molecule has 2 rings (SSSR count). The number of rotatable bonds is 3. The van der Waals surface area contributed by atoms with Gasteiger partial charge < -0.3 is 0 Å². The Balaban J connectivity index is 2.51. The fourth-order valence-electron chi connectivity index (χ4n) is 2.82. The van der Waals surface area contributed by atoms with Gasteiger partial charge in [-0.25, -0.2) is 0 Å². The quantitative estimate of drug-likeness (QED) is 0.483. The van der Waals surface area contributed by atoms with Crippen molar-refractivity contribution in [3.8, 4) is 0 Å². The van der Waals surface area contributed by atoms with Crippen LogP contribution in [0.3, 0.4) is 0 Å².